The van der Waals surface area contributed by atoms with Crippen molar-refractivity contribution in [2.24, 2.45) is 10.8 Å². The zero-order valence-electron chi connectivity index (χ0n) is 3.13. The SMILES string of the molecule is NC1=[N+]=NC=C1. The molecular weight excluding hydrogens is 78.1 g/mol. The van der Waals surface area contributed by atoms with Crippen LogP contribution in [0.4, 0.5) is 0 Å². The Balaban J connectivity index is 2.98. The van der Waals surface area contributed by atoms with Crippen LogP contribution in [-0.2, 0) is 0 Å². The fraction of sp³-hybridized carbons (Fsp3) is 0. The summed E-state index contributed by atoms with van der Waals surface area (Å²) in [6.07, 6.45) is 3.19. The second-order valence-corrected chi connectivity index (χ2v) is 0.956. The summed E-state index contributed by atoms with van der Waals surface area (Å²) in [6.45, 7) is 0. The standard InChI is InChI=1S/C3H3N3/c4-3-1-2-5-6-3/h1-2,4H/p+1. The Morgan fingerprint density at radius 1 is 1.83 bits per heavy atom. The van der Waals surface area contributed by atoms with E-state index in [0.29, 0.717) is 5.84 Å². The molecule has 0 fully saturated rings. The minimum absolute atomic E-state index is 0.481. The molecule has 3 heteroatoms. The van der Waals surface area contributed by atoms with Gasteiger partial charge >= 0.3 is 5.84 Å². The zero-order chi connectivity index (χ0) is 4.41. The number of hydrogen-bond acceptors (Lipinski definition) is 2. The summed E-state index contributed by atoms with van der Waals surface area (Å²) < 4.78 is 0. The van der Waals surface area contributed by atoms with Gasteiger partial charge in [0.05, 0.1) is 12.3 Å². The molecule has 0 saturated heterocycles. The molecule has 0 spiro atoms. The maximum Gasteiger partial charge on any atom is 0.399 e. The Labute approximate surface area is 34.9 Å². The van der Waals surface area contributed by atoms with E-state index in [1.54, 1.807) is 12.3 Å². The fourth-order valence-electron chi connectivity index (χ4n) is 0.243. The summed E-state index contributed by atoms with van der Waals surface area (Å²) in [6, 6.07) is 0. The van der Waals surface area contributed by atoms with E-state index in [-0.39, 0.29) is 0 Å². The molecule has 0 amide bonds. The molecule has 0 atom stereocenters. The Hall–Kier alpha value is -1.08. The molecule has 1 rings (SSSR count). The molecule has 0 saturated carbocycles. The largest absolute Gasteiger partial charge is 0.399 e. The predicted octanol–water partition coefficient (Wildman–Crippen LogP) is -0.469. The monoisotopic (exact) mass is 82.0 g/mol. The molecule has 1 aliphatic heterocycles. The van der Waals surface area contributed by atoms with Gasteiger partial charge in [-0.25, -0.2) is 0 Å². The summed E-state index contributed by atoms with van der Waals surface area (Å²) in [5.74, 6) is 0.481. The van der Waals surface area contributed by atoms with Gasteiger partial charge in [0.15, 0.2) is 0 Å². The lowest BCUT2D eigenvalue weighted by molar-refractivity contribution is -0.0740. The van der Waals surface area contributed by atoms with Crippen LogP contribution in [0.2, 0.25) is 0 Å². The number of amidine groups is 1. The molecule has 1 heterocycles. The molecule has 0 bridgehead atoms. The predicted molar refractivity (Wildman–Crippen MR) is 21.0 cm³/mol. The highest BCUT2D eigenvalue weighted by atomic mass is 15.1. The van der Waals surface area contributed by atoms with Crippen molar-refractivity contribution in [3.63, 3.8) is 0 Å². The number of nitrogens with two attached hydrogens (primary N) is 1. The van der Waals surface area contributed by atoms with Crippen molar-refractivity contribution < 1.29 is 4.79 Å². The second-order valence-electron chi connectivity index (χ2n) is 0.956. The minimum atomic E-state index is 0.481. The van der Waals surface area contributed by atoms with E-state index in [9.17, 15) is 0 Å². The van der Waals surface area contributed by atoms with Crippen molar-refractivity contribution in [3.8, 4) is 0 Å². The van der Waals surface area contributed by atoms with Gasteiger partial charge in [0.1, 0.15) is 0 Å². The van der Waals surface area contributed by atoms with Crippen LogP contribution in [-0.4, -0.2) is 10.6 Å². The lowest BCUT2D eigenvalue weighted by Crippen LogP contribution is -2.05. The lowest BCUT2D eigenvalue weighted by atomic mass is 10.6. The highest BCUT2D eigenvalue weighted by molar-refractivity contribution is 5.86. The Morgan fingerprint density at radius 3 is 2.83 bits per heavy atom. The first-order valence-electron chi connectivity index (χ1n) is 1.59. The van der Waals surface area contributed by atoms with Crippen LogP contribution in [0.3, 0.4) is 0 Å². The van der Waals surface area contributed by atoms with Gasteiger partial charge in [0.2, 0.25) is 0 Å². The summed E-state index contributed by atoms with van der Waals surface area (Å²) in [5, 5.41) is 3.45. The molecule has 0 aromatic carbocycles. The Bertz CT molecular complexity index is 138. The van der Waals surface area contributed by atoms with Crippen molar-refractivity contribution >= 4 is 5.84 Å². The highest BCUT2D eigenvalue weighted by Gasteiger charge is 1.95. The van der Waals surface area contributed by atoms with Crippen molar-refractivity contribution in [3.05, 3.63) is 12.3 Å². The number of hydrogen-bond donors (Lipinski definition) is 1. The second kappa shape index (κ2) is 0.954. The van der Waals surface area contributed by atoms with E-state index in [2.05, 4.69) is 9.90 Å². The first-order valence-corrected chi connectivity index (χ1v) is 1.59. The molecule has 0 unspecified atom stereocenters. The smallest absolute Gasteiger partial charge is 0.271 e. The van der Waals surface area contributed by atoms with E-state index in [4.69, 9.17) is 5.73 Å². The third-order valence-electron chi connectivity index (χ3n) is 0.485. The van der Waals surface area contributed by atoms with Crippen LogP contribution in [0.25, 0.3) is 0 Å². The van der Waals surface area contributed by atoms with E-state index in [0.717, 1.165) is 0 Å². The van der Waals surface area contributed by atoms with E-state index >= 15 is 0 Å². The van der Waals surface area contributed by atoms with Gasteiger partial charge in [0, 0.05) is 5.11 Å². The Kier molecular flexibility index (Phi) is 0.496. The summed E-state index contributed by atoms with van der Waals surface area (Å²) in [7, 11) is 0. The molecule has 0 aromatic heterocycles. The van der Waals surface area contributed by atoms with Gasteiger partial charge in [-0.15, -0.1) is 0 Å². The van der Waals surface area contributed by atoms with Crippen molar-refractivity contribution in [1.29, 1.82) is 0 Å². The molecule has 0 radical (unpaired) electrons. The van der Waals surface area contributed by atoms with E-state index in [1.165, 1.54) is 0 Å². The fourth-order valence-corrected chi connectivity index (χ4v) is 0.243. The van der Waals surface area contributed by atoms with E-state index < -0.39 is 0 Å². The lowest BCUT2D eigenvalue weighted by Gasteiger charge is -1.52. The van der Waals surface area contributed by atoms with Gasteiger partial charge in [-0.3, -0.25) is 5.73 Å². The zero-order valence-corrected chi connectivity index (χ0v) is 3.13. The summed E-state index contributed by atoms with van der Waals surface area (Å²) >= 11 is 0. The van der Waals surface area contributed by atoms with Crippen LogP contribution < -0.4 is 5.73 Å². The topological polar surface area (TPSA) is 52.5 Å². The van der Waals surface area contributed by atoms with Crippen LogP contribution in [0, 0.1) is 0 Å². The average Bonchev–Trinajstić information content (AvgIpc) is 1.86. The molecule has 0 aliphatic carbocycles. The maximum atomic E-state index is 5.10. The molecule has 0 aromatic rings. The van der Waals surface area contributed by atoms with Gasteiger partial charge in [-0.2, -0.15) is 0 Å². The van der Waals surface area contributed by atoms with Crippen molar-refractivity contribution in [1.82, 2.24) is 0 Å². The van der Waals surface area contributed by atoms with Gasteiger partial charge in [-0.1, -0.05) is 4.79 Å². The van der Waals surface area contributed by atoms with Crippen LogP contribution in [0.1, 0.15) is 0 Å². The van der Waals surface area contributed by atoms with Gasteiger partial charge in [0.25, 0.3) is 0 Å². The molecule has 3 nitrogen and oxygen atoms in total. The van der Waals surface area contributed by atoms with Crippen LogP contribution >= 0.6 is 0 Å². The first-order chi connectivity index (χ1) is 2.89. The normalized spacial score (nSPS) is 15.7. The van der Waals surface area contributed by atoms with Gasteiger partial charge < -0.3 is 0 Å². The van der Waals surface area contributed by atoms with Crippen LogP contribution in [0.15, 0.2) is 17.4 Å². The van der Waals surface area contributed by atoms with Crippen LogP contribution in [0.5, 0.6) is 0 Å². The molecule has 2 N–H and O–H groups in total. The summed E-state index contributed by atoms with van der Waals surface area (Å²) in [5.41, 5.74) is 5.10. The molecular formula is C3H4N3+. The molecule has 1 aliphatic rings. The highest BCUT2D eigenvalue weighted by Crippen LogP contribution is 1.75. The number of rotatable bonds is 0. The first kappa shape index (κ1) is 3.12. The third-order valence-corrected chi connectivity index (χ3v) is 0.485. The average molecular weight is 82.1 g/mol. The van der Waals surface area contributed by atoms with Crippen molar-refractivity contribution in [2.75, 3.05) is 0 Å². The maximum absolute atomic E-state index is 5.10. The van der Waals surface area contributed by atoms with E-state index in [1.807, 2.05) is 0 Å². The molecule has 30 valence electrons. The number of nitrogens with zero attached hydrogens (tertiary/aromatic N) is 2. The Morgan fingerprint density at radius 2 is 2.67 bits per heavy atom. The third kappa shape index (κ3) is 0.307. The minimum Gasteiger partial charge on any atom is -0.271 e. The van der Waals surface area contributed by atoms with Gasteiger partial charge in [-0.05, 0) is 0 Å². The quantitative estimate of drug-likeness (QED) is 0.395. The van der Waals surface area contributed by atoms with Crippen molar-refractivity contribution in [2.45, 2.75) is 0 Å². The molecule has 6 heavy (non-hydrogen) atoms. The summed E-state index contributed by atoms with van der Waals surface area (Å²) in [4.78, 5) is 3.44.